The average molecular weight is 337 g/mol. The standard InChI is InChI=1S/C15H16FN3O5/c16-12-7-11(1-2-13(12)17-3-5-23-6-4-17)19-8-14(24-15(19)22)18(9-20)10-21/h1-2,7,9-10,14H,3-6,8H2. The lowest BCUT2D eigenvalue weighted by Gasteiger charge is -2.29. The summed E-state index contributed by atoms with van der Waals surface area (Å²) in [5.74, 6) is -0.465. The number of imide groups is 1. The summed E-state index contributed by atoms with van der Waals surface area (Å²) < 4.78 is 24.6. The van der Waals surface area contributed by atoms with Crippen LogP contribution in [-0.4, -0.2) is 62.9 Å². The molecule has 3 rings (SSSR count). The number of carbonyl (C=O) groups is 3. The van der Waals surface area contributed by atoms with Gasteiger partial charge in [0.1, 0.15) is 5.82 Å². The number of halogens is 1. The van der Waals surface area contributed by atoms with Crippen LogP contribution < -0.4 is 9.80 Å². The maximum absolute atomic E-state index is 14.4. The van der Waals surface area contributed by atoms with Gasteiger partial charge in [0, 0.05) is 13.1 Å². The molecule has 9 heteroatoms. The van der Waals surface area contributed by atoms with Crippen molar-refractivity contribution in [1.82, 2.24) is 4.90 Å². The molecule has 0 spiro atoms. The van der Waals surface area contributed by atoms with E-state index in [1.807, 2.05) is 4.90 Å². The Labute approximate surface area is 137 Å². The van der Waals surface area contributed by atoms with E-state index < -0.39 is 18.1 Å². The van der Waals surface area contributed by atoms with Crippen LogP contribution in [0, 0.1) is 5.82 Å². The van der Waals surface area contributed by atoms with Crippen molar-refractivity contribution >= 4 is 30.3 Å². The second-order valence-corrected chi connectivity index (χ2v) is 5.34. The molecule has 0 radical (unpaired) electrons. The molecule has 0 N–H and O–H groups in total. The van der Waals surface area contributed by atoms with E-state index in [1.54, 1.807) is 12.1 Å². The first-order valence-corrected chi connectivity index (χ1v) is 7.42. The van der Waals surface area contributed by atoms with Crippen molar-refractivity contribution in [2.45, 2.75) is 6.23 Å². The molecule has 1 atom stereocenters. The highest BCUT2D eigenvalue weighted by Gasteiger charge is 2.36. The largest absolute Gasteiger partial charge is 0.423 e. The molecule has 2 saturated heterocycles. The molecule has 1 aromatic carbocycles. The van der Waals surface area contributed by atoms with Gasteiger partial charge < -0.3 is 14.4 Å². The maximum atomic E-state index is 14.4. The topological polar surface area (TPSA) is 79.4 Å². The van der Waals surface area contributed by atoms with Crippen LogP contribution in [-0.2, 0) is 19.1 Å². The number of amides is 3. The third-order valence-corrected chi connectivity index (χ3v) is 3.97. The van der Waals surface area contributed by atoms with Crippen molar-refractivity contribution in [3.05, 3.63) is 24.0 Å². The lowest BCUT2D eigenvalue weighted by Crippen LogP contribution is -2.37. The average Bonchev–Trinajstić information content (AvgIpc) is 2.98. The van der Waals surface area contributed by atoms with Crippen molar-refractivity contribution in [2.24, 2.45) is 0 Å². The van der Waals surface area contributed by atoms with Crippen LogP contribution in [0.3, 0.4) is 0 Å². The van der Waals surface area contributed by atoms with Crippen molar-refractivity contribution in [3.8, 4) is 0 Å². The van der Waals surface area contributed by atoms with E-state index in [1.165, 1.54) is 11.0 Å². The Bertz CT molecular complexity index is 642. The summed E-state index contributed by atoms with van der Waals surface area (Å²) in [6.45, 7) is 2.21. The maximum Gasteiger partial charge on any atom is 0.416 e. The first-order chi connectivity index (χ1) is 11.6. The zero-order chi connectivity index (χ0) is 17.1. The molecule has 2 aliphatic rings. The van der Waals surface area contributed by atoms with Crippen molar-refractivity contribution in [1.29, 1.82) is 0 Å². The summed E-state index contributed by atoms with van der Waals surface area (Å²) in [7, 11) is 0. The molecule has 0 aliphatic carbocycles. The molecule has 2 fully saturated rings. The number of ether oxygens (including phenoxy) is 2. The minimum absolute atomic E-state index is 0.0490. The van der Waals surface area contributed by atoms with Crippen LogP contribution in [0.5, 0.6) is 0 Å². The van der Waals surface area contributed by atoms with Gasteiger partial charge in [-0.25, -0.2) is 14.1 Å². The van der Waals surface area contributed by atoms with Gasteiger partial charge >= 0.3 is 6.09 Å². The molecule has 0 bridgehead atoms. The summed E-state index contributed by atoms with van der Waals surface area (Å²) >= 11 is 0. The monoisotopic (exact) mass is 337 g/mol. The molecule has 0 aromatic heterocycles. The Morgan fingerprint density at radius 2 is 1.92 bits per heavy atom. The third kappa shape index (κ3) is 3.02. The molecule has 0 saturated carbocycles. The van der Waals surface area contributed by atoms with E-state index in [2.05, 4.69) is 0 Å². The van der Waals surface area contributed by atoms with Crippen LogP contribution in [0.15, 0.2) is 18.2 Å². The lowest BCUT2D eigenvalue weighted by molar-refractivity contribution is -0.137. The van der Waals surface area contributed by atoms with Crippen LogP contribution in [0.2, 0.25) is 0 Å². The molecule has 8 nitrogen and oxygen atoms in total. The molecule has 24 heavy (non-hydrogen) atoms. The number of hydrogen-bond acceptors (Lipinski definition) is 6. The van der Waals surface area contributed by atoms with Gasteiger partial charge in [-0.1, -0.05) is 0 Å². The first-order valence-electron chi connectivity index (χ1n) is 7.42. The van der Waals surface area contributed by atoms with E-state index in [0.717, 1.165) is 0 Å². The van der Waals surface area contributed by atoms with Gasteiger partial charge in [-0.2, -0.15) is 0 Å². The lowest BCUT2D eigenvalue weighted by atomic mass is 10.2. The number of rotatable bonds is 5. The molecule has 2 aliphatic heterocycles. The number of nitrogens with zero attached hydrogens (tertiary/aromatic N) is 3. The van der Waals surface area contributed by atoms with Gasteiger partial charge in [0.05, 0.1) is 31.1 Å². The minimum atomic E-state index is -1.02. The van der Waals surface area contributed by atoms with E-state index >= 15 is 0 Å². The highest BCUT2D eigenvalue weighted by atomic mass is 19.1. The van der Waals surface area contributed by atoms with Crippen LogP contribution in [0.1, 0.15) is 0 Å². The Kier molecular flexibility index (Phi) is 4.61. The number of anilines is 2. The van der Waals surface area contributed by atoms with Gasteiger partial charge in [0.25, 0.3) is 0 Å². The highest BCUT2D eigenvalue weighted by molar-refractivity contribution is 5.90. The zero-order valence-corrected chi connectivity index (χ0v) is 12.8. The summed E-state index contributed by atoms with van der Waals surface area (Å²) in [4.78, 5) is 37.2. The fourth-order valence-electron chi connectivity index (χ4n) is 2.70. The fraction of sp³-hybridized carbons (Fsp3) is 0.400. The van der Waals surface area contributed by atoms with Crippen LogP contribution >= 0.6 is 0 Å². The van der Waals surface area contributed by atoms with E-state index in [9.17, 15) is 18.8 Å². The summed E-state index contributed by atoms with van der Waals surface area (Å²) in [6, 6.07) is 4.43. The zero-order valence-electron chi connectivity index (χ0n) is 12.8. The summed E-state index contributed by atoms with van der Waals surface area (Å²) in [5, 5.41) is 0. The second-order valence-electron chi connectivity index (χ2n) is 5.34. The molecule has 3 amide bonds. The van der Waals surface area contributed by atoms with E-state index in [-0.39, 0.29) is 19.4 Å². The predicted molar refractivity (Wildman–Crippen MR) is 81.0 cm³/mol. The quantitative estimate of drug-likeness (QED) is 0.731. The highest BCUT2D eigenvalue weighted by Crippen LogP contribution is 2.28. The molecule has 128 valence electrons. The van der Waals surface area contributed by atoms with Crippen LogP contribution in [0.4, 0.5) is 20.6 Å². The van der Waals surface area contributed by atoms with Gasteiger partial charge in [0.15, 0.2) is 0 Å². The second kappa shape index (κ2) is 6.83. The van der Waals surface area contributed by atoms with Gasteiger partial charge in [-0.15, -0.1) is 0 Å². The molecule has 1 aromatic rings. The van der Waals surface area contributed by atoms with Gasteiger partial charge in [-0.3, -0.25) is 14.5 Å². The molecular formula is C15H16FN3O5. The number of hydrogen-bond donors (Lipinski definition) is 0. The minimum Gasteiger partial charge on any atom is -0.423 e. The smallest absolute Gasteiger partial charge is 0.416 e. The first kappa shape index (κ1) is 16.2. The Morgan fingerprint density at radius 3 is 2.54 bits per heavy atom. The predicted octanol–water partition coefficient (Wildman–Crippen LogP) is 0.560. The summed E-state index contributed by atoms with van der Waals surface area (Å²) in [5.41, 5.74) is 0.738. The van der Waals surface area contributed by atoms with Crippen LogP contribution in [0.25, 0.3) is 0 Å². The third-order valence-electron chi connectivity index (χ3n) is 3.97. The Morgan fingerprint density at radius 1 is 1.21 bits per heavy atom. The van der Waals surface area contributed by atoms with Gasteiger partial charge in [-0.05, 0) is 18.2 Å². The number of cyclic esters (lactones) is 1. The Hall–Kier alpha value is -2.68. The SMILES string of the molecule is O=CN(C=O)C1CN(c2ccc(N3CCOCC3)c(F)c2)C(=O)O1. The normalized spacial score (nSPS) is 20.7. The van der Waals surface area contributed by atoms with Gasteiger partial charge in [0.2, 0.25) is 19.0 Å². The molecule has 2 heterocycles. The summed E-state index contributed by atoms with van der Waals surface area (Å²) in [6.07, 6.45) is -1.21. The number of carbonyl (C=O) groups excluding carboxylic acids is 3. The van der Waals surface area contributed by atoms with E-state index in [0.29, 0.717) is 42.6 Å². The van der Waals surface area contributed by atoms with E-state index in [4.69, 9.17) is 9.47 Å². The Balaban J connectivity index is 1.77. The fourth-order valence-corrected chi connectivity index (χ4v) is 2.70. The van der Waals surface area contributed by atoms with Crippen molar-refractivity contribution < 1.29 is 28.2 Å². The molecule has 1 unspecified atom stereocenters. The molecular weight excluding hydrogens is 321 g/mol. The number of benzene rings is 1. The van der Waals surface area contributed by atoms with Crippen molar-refractivity contribution in [2.75, 3.05) is 42.6 Å². The number of morpholine rings is 1. The van der Waals surface area contributed by atoms with Crippen molar-refractivity contribution in [3.63, 3.8) is 0 Å².